The molecular weight excluding hydrogens is 462 g/mol. The summed E-state index contributed by atoms with van der Waals surface area (Å²) < 4.78 is 43.4. The summed E-state index contributed by atoms with van der Waals surface area (Å²) in [6, 6.07) is 5.43. The van der Waals surface area contributed by atoms with Gasteiger partial charge in [0.25, 0.3) is 0 Å². The topological polar surface area (TPSA) is 98.8 Å². The number of cyclic esters (lactones) is 1. The van der Waals surface area contributed by atoms with Crippen LogP contribution in [0, 0.1) is 0 Å². The third kappa shape index (κ3) is 4.10. The largest absolute Gasteiger partial charge is 0.617 e. The Balaban J connectivity index is 0.000000636. The van der Waals surface area contributed by atoms with Gasteiger partial charge in [0.15, 0.2) is 23.0 Å². The van der Waals surface area contributed by atoms with E-state index in [1.807, 2.05) is 19.2 Å². The molecule has 184 valence electrons. The molecule has 0 aromatic heterocycles. The molecule has 10 heteroatoms. The summed E-state index contributed by atoms with van der Waals surface area (Å²) in [5.74, 6) is 2.36. The zero-order valence-electron chi connectivity index (χ0n) is 20.1. The molecule has 3 heterocycles. The van der Waals surface area contributed by atoms with E-state index in [4.69, 9.17) is 28.4 Å². The Kier molecular flexibility index (Phi) is 7.01. The number of carbonyl (C=O) groups excluding carboxylic acids is 1. The van der Waals surface area contributed by atoms with Crippen molar-refractivity contribution in [2.24, 2.45) is 0 Å². The van der Waals surface area contributed by atoms with Gasteiger partial charge in [-0.15, -0.1) is 0 Å². The van der Waals surface area contributed by atoms with Gasteiger partial charge in [-0.3, -0.25) is 4.90 Å². The number of likely N-dealkylation sites (N-methyl/N-ethyl adjacent to an activating group) is 1. The van der Waals surface area contributed by atoms with E-state index in [0.29, 0.717) is 34.3 Å². The van der Waals surface area contributed by atoms with E-state index in [1.165, 1.54) is 7.11 Å². The number of hydrogen-bond acceptors (Lipinski definition) is 9. The highest BCUT2D eigenvalue weighted by atomic mass is 32.2. The fourth-order valence-electron chi connectivity index (χ4n) is 4.71. The van der Waals surface area contributed by atoms with Crippen molar-refractivity contribution in [2.75, 3.05) is 54.2 Å². The second-order valence-electron chi connectivity index (χ2n) is 8.22. The molecule has 0 amide bonds. The number of fused-ring (bicyclic) bond motifs is 3. The summed E-state index contributed by atoms with van der Waals surface area (Å²) in [4.78, 5) is 15.1. The molecule has 0 spiro atoms. The van der Waals surface area contributed by atoms with Crippen LogP contribution >= 0.6 is 0 Å². The SMILES string of the molecule is COc1ccc2c(c1OC)C(=O)O[C@@H]2[C@H]1c2c(cc3c(c2OC)OCO3)CCN1C.C[S+](C)[O-]. The summed E-state index contributed by atoms with van der Waals surface area (Å²) in [7, 11) is 6.70. The van der Waals surface area contributed by atoms with Crippen LogP contribution in [-0.4, -0.2) is 69.6 Å². The zero-order chi connectivity index (χ0) is 24.6. The molecule has 5 rings (SSSR count). The van der Waals surface area contributed by atoms with Crippen LogP contribution in [0.2, 0.25) is 0 Å². The van der Waals surface area contributed by atoms with Gasteiger partial charge in [-0.1, -0.05) is 17.2 Å². The van der Waals surface area contributed by atoms with Crippen molar-refractivity contribution < 1.29 is 37.8 Å². The van der Waals surface area contributed by atoms with Gasteiger partial charge in [-0.2, -0.15) is 0 Å². The first-order chi connectivity index (χ1) is 16.3. The lowest BCUT2D eigenvalue weighted by atomic mass is 9.85. The number of ether oxygens (including phenoxy) is 6. The van der Waals surface area contributed by atoms with E-state index < -0.39 is 23.2 Å². The van der Waals surface area contributed by atoms with Crippen LogP contribution in [0.1, 0.15) is 39.2 Å². The smallest absolute Gasteiger partial charge is 0.343 e. The molecule has 0 fully saturated rings. The fraction of sp³-hybridized carbons (Fsp3) is 0.458. The maximum absolute atomic E-state index is 12.9. The fourth-order valence-corrected chi connectivity index (χ4v) is 4.71. The molecule has 2 atom stereocenters. The maximum Gasteiger partial charge on any atom is 0.343 e. The van der Waals surface area contributed by atoms with Crippen molar-refractivity contribution in [3.63, 3.8) is 0 Å². The van der Waals surface area contributed by atoms with Gasteiger partial charge in [-0.25, -0.2) is 4.79 Å². The molecular formula is C24H29NO8S. The van der Waals surface area contributed by atoms with Gasteiger partial charge in [0.2, 0.25) is 12.5 Å². The molecule has 0 N–H and O–H groups in total. The van der Waals surface area contributed by atoms with E-state index in [1.54, 1.807) is 32.8 Å². The van der Waals surface area contributed by atoms with E-state index in [9.17, 15) is 9.35 Å². The van der Waals surface area contributed by atoms with Crippen LogP contribution in [0.25, 0.3) is 0 Å². The zero-order valence-corrected chi connectivity index (χ0v) is 20.9. The maximum atomic E-state index is 12.9. The van der Waals surface area contributed by atoms with Crippen LogP contribution in [0.3, 0.4) is 0 Å². The second-order valence-corrected chi connectivity index (χ2v) is 9.71. The van der Waals surface area contributed by atoms with Gasteiger partial charge in [0.05, 0.1) is 39.9 Å². The van der Waals surface area contributed by atoms with E-state index in [0.717, 1.165) is 29.7 Å². The van der Waals surface area contributed by atoms with Gasteiger partial charge >= 0.3 is 5.97 Å². The molecule has 9 nitrogen and oxygen atoms in total. The molecule has 0 saturated carbocycles. The molecule has 2 aromatic carbocycles. The van der Waals surface area contributed by atoms with Crippen LogP contribution in [0.15, 0.2) is 18.2 Å². The Bertz CT molecular complexity index is 1090. The summed E-state index contributed by atoms with van der Waals surface area (Å²) in [5.41, 5.74) is 3.23. The molecule has 3 aliphatic heterocycles. The standard InChI is InChI=1S/C22H23NO7.C2H6OS/c1-23-8-7-11-9-14-20(29-10-28-14)21(27-4)15(11)17(23)18-12-5-6-13(25-2)19(26-3)16(12)22(24)30-18;1-4(2)3/h5-6,9,17-18H,7-8,10H2,1-4H3;1-2H3/t17-,18+;/m1./s1. The van der Waals surface area contributed by atoms with Crippen molar-refractivity contribution in [2.45, 2.75) is 18.6 Å². The first kappa shape index (κ1) is 24.3. The van der Waals surface area contributed by atoms with Crippen LogP contribution in [0.4, 0.5) is 0 Å². The lowest BCUT2D eigenvalue weighted by Crippen LogP contribution is -2.36. The summed E-state index contributed by atoms with van der Waals surface area (Å²) in [6.45, 7) is 0.963. The third-order valence-electron chi connectivity index (χ3n) is 6.06. The number of esters is 1. The Labute approximate surface area is 202 Å². The predicted octanol–water partition coefficient (Wildman–Crippen LogP) is 2.88. The Morgan fingerprint density at radius 3 is 2.44 bits per heavy atom. The van der Waals surface area contributed by atoms with E-state index in [-0.39, 0.29) is 12.8 Å². The molecule has 0 bridgehead atoms. The molecule has 0 unspecified atom stereocenters. The molecule has 0 radical (unpaired) electrons. The third-order valence-corrected chi connectivity index (χ3v) is 6.06. The minimum absolute atomic E-state index is 0.160. The molecule has 34 heavy (non-hydrogen) atoms. The predicted molar refractivity (Wildman–Crippen MR) is 126 cm³/mol. The molecule has 0 saturated heterocycles. The van der Waals surface area contributed by atoms with Crippen LogP contribution in [0.5, 0.6) is 28.7 Å². The van der Waals surface area contributed by atoms with Gasteiger partial charge < -0.3 is 33.0 Å². The molecule has 2 aromatic rings. The van der Waals surface area contributed by atoms with Crippen molar-refractivity contribution in [1.82, 2.24) is 4.90 Å². The summed E-state index contributed by atoms with van der Waals surface area (Å²) >= 11 is -0.611. The van der Waals surface area contributed by atoms with Crippen molar-refractivity contribution >= 4 is 17.1 Å². The van der Waals surface area contributed by atoms with Crippen LogP contribution in [-0.2, 0) is 22.3 Å². The highest BCUT2D eigenvalue weighted by molar-refractivity contribution is 7.89. The minimum atomic E-state index is -0.611. The lowest BCUT2D eigenvalue weighted by Gasteiger charge is -2.38. The number of rotatable bonds is 4. The Morgan fingerprint density at radius 1 is 1.09 bits per heavy atom. The average molecular weight is 492 g/mol. The van der Waals surface area contributed by atoms with Gasteiger partial charge in [0.1, 0.15) is 11.7 Å². The number of benzene rings is 2. The van der Waals surface area contributed by atoms with Gasteiger partial charge in [0, 0.05) is 17.7 Å². The highest BCUT2D eigenvalue weighted by Gasteiger charge is 2.46. The van der Waals surface area contributed by atoms with Gasteiger partial charge in [-0.05, 0) is 31.2 Å². The normalized spacial score (nSPS) is 20.2. The van der Waals surface area contributed by atoms with Crippen LogP contribution < -0.4 is 23.7 Å². The van der Waals surface area contributed by atoms with Crippen molar-refractivity contribution in [3.05, 3.63) is 40.5 Å². The summed E-state index contributed by atoms with van der Waals surface area (Å²) in [6.07, 6.45) is 3.58. The minimum Gasteiger partial charge on any atom is -0.617 e. The molecule has 3 aliphatic rings. The van der Waals surface area contributed by atoms with E-state index >= 15 is 0 Å². The quantitative estimate of drug-likeness (QED) is 0.472. The van der Waals surface area contributed by atoms with E-state index in [2.05, 4.69) is 4.90 Å². The first-order valence-corrected chi connectivity index (χ1v) is 12.7. The first-order valence-electron chi connectivity index (χ1n) is 10.7. The van der Waals surface area contributed by atoms with Crippen molar-refractivity contribution in [3.8, 4) is 28.7 Å². The number of methoxy groups -OCH3 is 3. The number of nitrogens with zero attached hydrogens (tertiary/aromatic N) is 1. The lowest BCUT2D eigenvalue weighted by molar-refractivity contribution is 0.00874. The highest BCUT2D eigenvalue weighted by Crippen LogP contribution is 2.55. The summed E-state index contributed by atoms with van der Waals surface area (Å²) in [5, 5.41) is 0. The second kappa shape index (κ2) is 9.81. The molecule has 0 aliphatic carbocycles. The number of hydrogen-bond donors (Lipinski definition) is 0. The Morgan fingerprint density at radius 2 is 1.79 bits per heavy atom. The number of carbonyl (C=O) groups is 1. The Hall–Kier alpha value is -2.82. The monoisotopic (exact) mass is 491 g/mol. The average Bonchev–Trinajstić information content (AvgIpc) is 3.41. The van der Waals surface area contributed by atoms with Crippen molar-refractivity contribution in [1.29, 1.82) is 0 Å².